The monoisotopic (exact) mass is 323 g/mol. The van der Waals surface area contributed by atoms with Crippen molar-refractivity contribution in [3.8, 4) is 11.5 Å². The number of benzene rings is 1. The van der Waals surface area contributed by atoms with Gasteiger partial charge in [-0.2, -0.15) is 4.37 Å². The van der Waals surface area contributed by atoms with Gasteiger partial charge < -0.3 is 14.8 Å². The zero-order valence-corrected chi connectivity index (χ0v) is 13.6. The topological polar surface area (TPSA) is 56.3 Å². The lowest BCUT2D eigenvalue weighted by Gasteiger charge is -2.17. The maximum absolute atomic E-state index is 5.46. The second kappa shape index (κ2) is 6.64. The number of nitrogens with zero attached hydrogens (tertiary/aromatic N) is 2. The quantitative estimate of drug-likeness (QED) is 0.825. The molecule has 0 spiro atoms. The molecule has 112 valence electrons. The number of thioether (sulfide) groups is 1. The van der Waals surface area contributed by atoms with E-state index in [0.717, 1.165) is 34.0 Å². The molecule has 1 unspecified atom stereocenters. The van der Waals surface area contributed by atoms with Gasteiger partial charge >= 0.3 is 0 Å². The Kier molecular flexibility index (Phi) is 4.62. The fraction of sp³-hybridized carbons (Fsp3) is 0.429. The van der Waals surface area contributed by atoms with E-state index >= 15 is 0 Å². The van der Waals surface area contributed by atoms with Gasteiger partial charge in [0.15, 0.2) is 15.8 Å². The maximum atomic E-state index is 5.46. The average Bonchev–Trinajstić information content (AvgIpc) is 3.11. The summed E-state index contributed by atoms with van der Waals surface area (Å²) in [6.45, 7) is 5.25. The summed E-state index contributed by atoms with van der Waals surface area (Å²) < 4.78 is 16.0. The molecular formula is C14H17N3O2S2. The summed E-state index contributed by atoms with van der Waals surface area (Å²) in [4.78, 5) is 4.39. The largest absolute Gasteiger partial charge is 0.454 e. The molecule has 1 aromatic heterocycles. The molecule has 0 radical (unpaired) electrons. The Morgan fingerprint density at radius 2 is 2.24 bits per heavy atom. The van der Waals surface area contributed by atoms with E-state index in [1.807, 2.05) is 13.0 Å². The highest BCUT2D eigenvalue weighted by Gasteiger charge is 2.18. The highest BCUT2D eigenvalue weighted by atomic mass is 32.2. The van der Waals surface area contributed by atoms with Crippen molar-refractivity contribution in [1.82, 2.24) is 14.7 Å². The molecule has 5 nitrogen and oxygen atoms in total. The minimum absolute atomic E-state index is 0.249. The summed E-state index contributed by atoms with van der Waals surface area (Å²) >= 11 is 3.18. The smallest absolute Gasteiger partial charge is 0.231 e. The summed E-state index contributed by atoms with van der Waals surface area (Å²) in [7, 11) is 0. The van der Waals surface area contributed by atoms with Crippen LogP contribution in [0, 0.1) is 6.92 Å². The number of nitrogens with one attached hydrogen (secondary N) is 1. The van der Waals surface area contributed by atoms with Crippen molar-refractivity contribution in [3.63, 3.8) is 0 Å². The molecule has 3 rings (SSSR count). The van der Waals surface area contributed by atoms with Gasteiger partial charge in [0, 0.05) is 11.8 Å². The predicted octanol–water partition coefficient (Wildman–Crippen LogP) is 3.02. The molecule has 0 bridgehead atoms. The third kappa shape index (κ3) is 3.48. The number of ether oxygens (including phenoxy) is 2. The Bertz CT molecular complexity index is 618. The summed E-state index contributed by atoms with van der Waals surface area (Å²) in [5.41, 5.74) is 1.20. The lowest BCUT2D eigenvalue weighted by molar-refractivity contribution is 0.174. The van der Waals surface area contributed by atoms with E-state index in [4.69, 9.17) is 9.47 Å². The molecule has 2 aromatic rings. The summed E-state index contributed by atoms with van der Waals surface area (Å²) in [5, 5.41) is 3.51. The van der Waals surface area contributed by atoms with Gasteiger partial charge in [0.05, 0.1) is 0 Å². The van der Waals surface area contributed by atoms with Crippen molar-refractivity contribution in [3.05, 3.63) is 29.6 Å². The molecule has 1 aromatic carbocycles. The summed E-state index contributed by atoms with van der Waals surface area (Å²) in [6, 6.07) is 6.37. The molecule has 1 aliphatic rings. The van der Waals surface area contributed by atoms with Crippen LogP contribution >= 0.6 is 23.3 Å². The SMILES string of the molecule is CCNC(CSc1nc(C)ns1)c1ccc2c(c1)OCO2. The van der Waals surface area contributed by atoms with E-state index in [2.05, 4.69) is 33.7 Å². The summed E-state index contributed by atoms with van der Waals surface area (Å²) in [6.07, 6.45) is 0. The standard InChI is InChI=1S/C14H17N3O2S2/c1-3-15-11(7-20-14-16-9(2)17-21-14)10-4-5-12-13(6-10)19-8-18-12/h4-6,11,15H,3,7-8H2,1-2H3. The molecule has 1 aliphatic heterocycles. The van der Waals surface area contributed by atoms with Gasteiger partial charge in [-0.25, -0.2) is 4.98 Å². The zero-order valence-electron chi connectivity index (χ0n) is 12.0. The Labute approximate surface area is 132 Å². The highest BCUT2D eigenvalue weighted by molar-refractivity contribution is 8.00. The van der Waals surface area contributed by atoms with Crippen molar-refractivity contribution in [2.45, 2.75) is 24.2 Å². The third-order valence-corrected chi connectivity index (χ3v) is 5.15. The molecule has 1 atom stereocenters. The predicted molar refractivity (Wildman–Crippen MR) is 84.4 cm³/mol. The number of hydrogen-bond donors (Lipinski definition) is 1. The van der Waals surface area contributed by atoms with Gasteiger partial charge in [-0.15, -0.1) is 0 Å². The van der Waals surface area contributed by atoms with Crippen molar-refractivity contribution in [1.29, 1.82) is 0 Å². The Balaban J connectivity index is 1.71. The van der Waals surface area contributed by atoms with Gasteiger partial charge in [0.1, 0.15) is 5.82 Å². The molecule has 0 fully saturated rings. The molecular weight excluding hydrogens is 306 g/mol. The first-order chi connectivity index (χ1) is 10.3. The van der Waals surface area contributed by atoms with E-state index in [1.54, 1.807) is 11.8 Å². The fourth-order valence-electron chi connectivity index (χ4n) is 2.14. The van der Waals surface area contributed by atoms with Gasteiger partial charge in [-0.05, 0) is 42.7 Å². The lowest BCUT2D eigenvalue weighted by atomic mass is 10.1. The number of hydrogen-bond acceptors (Lipinski definition) is 7. The fourth-order valence-corrected chi connectivity index (χ4v) is 3.91. The number of aryl methyl sites for hydroxylation is 1. The van der Waals surface area contributed by atoms with Crippen LogP contribution in [0.15, 0.2) is 22.5 Å². The molecule has 1 N–H and O–H groups in total. The first kappa shape index (κ1) is 14.6. The van der Waals surface area contributed by atoms with Gasteiger partial charge in [-0.1, -0.05) is 24.8 Å². The third-order valence-electron chi connectivity index (χ3n) is 3.13. The summed E-state index contributed by atoms with van der Waals surface area (Å²) in [5.74, 6) is 3.39. The molecule has 0 amide bonds. The van der Waals surface area contributed by atoms with Crippen LogP contribution in [-0.4, -0.2) is 28.4 Å². The second-order valence-electron chi connectivity index (χ2n) is 4.64. The minimum atomic E-state index is 0.249. The molecule has 0 saturated carbocycles. The Hall–Kier alpha value is -1.31. The van der Waals surface area contributed by atoms with Crippen LogP contribution < -0.4 is 14.8 Å². The first-order valence-corrected chi connectivity index (χ1v) is 8.58. The molecule has 21 heavy (non-hydrogen) atoms. The molecule has 0 aliphatic carbocycles. The average molecular weight is 323 g/mol. The van der Waals surface area contributed by atoms with Crippen molar-refractivity contribution >= 4 is 23.3 Å². The Morgan fingerprint density at radius 3 is 3.00 bits per heavy atom. The van der Waals surface area contributed by atoms with E-state index in [-0.39, 0.29) is 6.04 Å². The molecule has 7 heteroatoms. The lowest BCUT2D eigenvalue weighted by Crippen LogP contribution is -2.22. The maximum Gasteiger partial charge on any atom is 0.231 e. The Morgan fingerprint density at radius 1 is 1.38 bits per heavy atom. The van der Waals surface area contributed by atoms with Gasteiger partial charge in [0.25, 0.3) is 0 Å². The van der Waals surface area contributed by atoms with Crippen molar-refractivity contribution in [2.75, 3.05) is 19.1 Å². The van der Waals surface area contributed by atoms with E-state index in [0.29, 0.717) is 6.79 Å². The van der Waals surface area contributed by atoms with E-state index in [9.17, 15) is 0 Å². The number of fused-ring (bicyclic) bond motifs is 1. The van der Waals surface area contributed by atoms with E-state index < -0.39 is 0 Å². The van der Waals surface area contributed by atoms with Crippen LogP contribution in [-0.2, 0) is 0 Å². The van der Waals surface area contributed by atoms with Crippen LogP contribution in [0.5, 0.6) is 11.5 Å². The minimum Gasteiger partial charge on any atom is -0.454 e. The van der Waals surface area contributed by atoms with Crippen LogP contribution in [0.4, 0.5) is 0 Å². The first-order valence-electron chi connectivity index (χ1n) is 6.82. The van der Waals surface area contributed by atoms with Crippen molar-refractivity contribution in [2.24, 2.45) is 0 Å². The van der Waals surface area contributed by atoms with Crippen LogP contribution in [0.1, 0.15) is 24.4 Å². The molecule has 0 saturated heterocycles. The zero-order chi connectivity index (χ0) is 14.7. The van der Waals surface area contributed by atoms with Crippen molar-refractivity contribution < 1.29 is 9.47 Å². The number of rotatable bonds is 6. The van der Waals surface area contributed by atoms with E-state index in [1.165, 1.54) is 17.1 Å². The van der Waals surface area contributed by atoms with Crippen LogP contribution in [0.25, 0.3) is 0 Å². The highest BCUT2D eigenvalue weighted by Crippen LogP contribution is 2.35. The molecule has 2 heterocycles. The van der Waals surface area contributed by atoms with Gasteiger partial charge in [0.2, 0.25) is 6.79 Å². The van der Waals surface area contributed by atoms with Crippen LogP contribution in [0.3, 0.4) is 0 Å². The van der Waals surface area contributed by atoms with Crippen LogP contribution in [0.2, 0.25) is 0 Å². The second-order valence-corrected chi connectivity index (χ2v) is 6.66. The normalized spacial score (nSPS) is 14.4. The number of aromatic nitrogens is 2. The van der Waals surface area contributed by atoms with Gasteiger partial charge in [-0.3, -0.25) is 0 Å².